The van der Waals surface area contributed by atoms with E-state index in [1.165, 1.54) is 6.07 Å². The monoisotopic (exact) mass is 269 g/mol. The van der Waals surface area contributed by atoms with E-state index in [0.717, 1.165) is 10.8 Å². The number of carbonyl (C=O) groups excluding carboxylic acids is 1. The Bertz CT molecular complexity index is 867. The van der Waals surface area contributed by atoms with Gasteiger partial charge in [0.1, 0.15) is 11.3 Å². The van der Waals surface area contributed by atoms with Crippen LogP contribution in [-0.4, -0.2) is 12.5 Å². The maximum absolute atomic E-state index is 11.9. The highest BCUT2D eigenvalue weighted by atomic mass is 16.5. The zero-order valence-corrected chi connectivity index (χ0v) is 10.5. The van der Waals surface area contributed by atoms with Crippen molar-refractivity contribution in [3.05, 3.63) is 52.9 Å². The van der Waals surface area contributed by atoms with Crippen molar-refractivity contribution < 1.29 is 13.9 Å². The zero-order valence-electron chi connectivity index (χ0n) is 10.5. The van der Waals surface area contributed by atoms with Crippen LogP contribution in [-0.2, 0) is 4.79 Å². The molecule has 0 unspecified atom stereocenters. The number of ether oxygens (including phenoxy) is 1. The molecule has 0 fully saturated rings. The second kappa shape index (κ2) is 4.79. The van der Waals surface area contributed by atoms with Gasteiger partial charge in [0.25, 0.3) is 0 Å². The minimum absolute atomic E-state index is 0.209. The van der Waals surface area contributed by atoms with Gasteiger partial charge in [0, 0.05) is 11.5 Å². The van der Waals surface area contributed by atoms with Crippen LogP contribution in [0.25, 0.3) is 21.7 Å². The van der Waals surface area contributed by atoms with Crippen LogP contribution in [0.4, 0.5) is 0 Å². The van der Waals surface area contributed by atoms with E-state index in [9.17, 15) is 9.59 Å². The molecular formula is C15H11NO4. The van der Waals surface area contributed by atoms with Gasteiger partial charge in [0.05, 0.1) is 11.9 Å². The molecule has 0 saturated carbocycles. The second-order valence-corrected chi connectivity index (χ2v) is 4.27. The lowest BCUT2D eigenvalue weighted by atomic mass is 10.1. The summed E-state index contributed by atoms with van der Waals surface area (Å²) in [7, 11) is 0. The van der Waals surface area contributed by atoms with Gasteiger partial charge in [-0.05, 0) is 23.6 Å². The smallest absolute Gasteiger partial charge is 0.344 e. The molecule has 1 aromatic heterocycles. The molecule has 100 valence electrons. The third kappa shape index (κ3) is 2.04. The van der Waals surface area contributed by atoms with Crippen molar-refractivity contribution in [3.63, 3.8) is 0 Å². The molecule has 2 aromatic carbocycles. The van der Waals surface area contributed by atoms with E-state index in [2.05, 4.69) is 0 Å². The maximum atomic E-state index is 11.9. The summed E-state index contributed by atoms with van der Waals surface area (Å²) < 4.78 is 10.3. The summed E-state index contributed by atoms with van der Waals surface area (Å²) in [5, 5.41) is 2.11. The van der Waals surface area contributed by atoms with Crippen molar-refractivity contribution in [2.75, 3.05) is 6.54 Å². The normalized spacial score (nSPS) is 10.8. The van der Waals surface area contributed by atoms with Gasteiger partial charge in [-0.3, -0.25) is 4.79 Å². The van der Waals surface area contributed by atoms with Gasteiger partial charge in [0.2, 0.25) is 0 Å². The Kier molecular flexibility index (Phi) is 2.96. The maximum Gasteiger partial charge on any atom is 0.344 e. The molecule has 0 saturated heterocycles. The lowest BCUT2D eigenvalue weighted by molar-refractivity contribution is -0.132. The Labute approximate surface area is 113 Å². The van der Waals surface area contributed by atoms with Crippen molar-refractivity contribution in [3.8, 4) is 5.75 Å². The SMILES string of the molecule is NCC(=O)Oc1ccc2c(c1)oc(=O)c1ccccc12. The first-order chi connectivity index (χ1) is 9.69. The zero-order chi connectivity index (χ0) is 14.1. The lowest BCUT2D eigenvalue weighted by Gasteiger charge is -2.05. The van der Waals surface area contributed by atoms with Gasteiger partial charge in [-0.2, -0.15) is 0 Å². The van der Waals surface area contributed by atoms with Gasteiger partial charge < -0.3 is 14.9 Å². The molecule has 5 nitrogen and oxygen atoms in total. The molecule has 0 aliphatic rings. The summed E-state index contributed by atoms with van der Waals surface area (Å²) in [5.74, 6) is -0.251. The van der Waals surface area contributed by atoms with Crippen LogP contribution in [0.5, 0.6) is 5.75 Å². The Hall–Kier alpha value is -2.66. The van der Waals surface area contributed by atoms with Crippen LogP contribution in [0, 0.1) is 0 Å². The molecule has 0 atom stereocenters. The van der Waals surface area contributed by atoms with Gasteiger partial charge in [0.15, 0.2) is 0 Å². The predicted molar refractivity (Wildman–Crippen MR) is 74.7 cm³/mol. The van der Waals surface area contributed by atoms with Gasteiger partial charge in [-0.25, -0.2) is 4.79 Å². The first-order valence-electron chi connectivity index (χ1n) is 6.05. The predicted octanol–water partition coefficient (Wildman–Crippen LogP) is 1.81. The summed E-state index contributed by atoms with van der Waals surface area (Å²) in [6, 6.07) is 12.1. The van der Waals surface area contributed by atoms with E-state index in [4.69, 9.17) is 14.9 Å². The molecule has 0 bridgehead atoms. The van der Waals surface area contributed by atoms with Crippen molar-refractivity contribution in [1.29, 1.82) is 0 Å². The molecule has 0 aliphatic heterocycles. The molecule has 0 amide bonds. The van der Waals surface area contributed by atoms with Crippen LogP contribution in [0.1, 0.15) is 0 Å². The fraction of sp³-hybridized carbons (Fsp3) is 0.0667. The van der Waals surface area contributed by atoms with Crippen molar-refractivity contribution in [2.24, 2.45) is 5.73 Å². The lowest BCUT2D eigenvalue weighted by Crippen LogP contribution is -2.19. The number of rotatable bonds is 2. The number of fused-ring (bicyclic) bond motifs is 3. The molecule has 0 aliphatic carbocycles. The van der Waals surface area contributed by atoms with E-state index in [-0.39, 0.29) is 6.54 Å². The molecule has 1 heterocycles. The van der Waals surface area contributed by atoms with E-state index in [1.807, 2.05) is 12.1 Å². The first-order valence-corrected chi connectivity index (χ1v) is 6.05. The van der Waals surface area contributed by atoms with E-state index < -0.39 is 11.6 Å². The van der Waals surface area contributed by atoms with Gasteiger partial charge in [-0.15, -0.1) is 0 Å². The van der Waals surface area contributed by atoms with Crippen LogP contribution < -0.4 is 16.1 Å². The Morgan fingerprint density at radius 2 is 1.85 bits per heavy atom. The summed E-state index contributed by atoms with van der Waals surface area (Å²) in [6.45, 7) is -0.209. The Morgan fingerprint density at radius 1 is 1.10 bits per heavy atom. The third-order valence-electron chi connectivity index (χ3n) is 2.99. The van der Waals surface area contributed by atoms with Crippen LogP contribution in [0.15, 0.2) is 51.7 Å². The fourth-order valence-electron chi connectivity index (χ4n) is 2.10. The number of nitrogens with two attached hydrogens (primary N) is 1. The molecule has 0 spiro atoms. The highest BCUT2D eigenvalue weighted by Crippen LogP contribution is 2.26. The average Bonchev–Trinajstić information content (AvgIpc) is 2.47. The topological polar surface area (TPSA) is 82.5 Å². The number of esters is 1. The van der Waals surface area contributed by atoms with Crippen LogP contribution in [0.3, 0.4) is 0 Å². The van der Waals surface area contributed by atoms with Gasteiger partial charge >= 0.3 is 11.6 Å². The number of hydrogen-bond acceptors (Lipinski definition) is 5. The Balaban J connectivity index is 2.23. The fourth-order valence-corrected chi connectivity index (χ4v) is 2.10. The minimum Gasteiger partial charge on any atom is -0.425 e. The number of hydrogen-bond donors (Lipinski definition) is 1. The van der Waals surface area contributed by atoms with Crippen LogP contribution >= 0.6 is 0 Å². The largest absolute Gasteiger partial charge is 0.425 e. The molecule has 0 radical (unpaired) electrons. The molecule has 20 heavy (non-hydrogen) atoms. The summed E-state index contributed by atoms with van der Waals surface area (Å²) in [4.78, 5) is 23.0. The Morgan fingerprint density at radius 3 is 2.60 bits per heavy atom. The molecule has 3 aromatic rings. The van der Waals surface area contributed by atoms with Crippen LogP contribution in [0.2, 0.25) is 0 Å². The summed E-state index contributed by atoms with van der Waals surface area (Å²) in [6.07, 6.45) is 0. The summed E-state index contributed by atoms with van der Waals surface area (Å²) >= 11 is 0. The first kappa shape index (κ1) is 12.4. The highest BCUT2D eigenvalue weighted by Gasteiger charge is 2.09. The van der Waals surface area contributed by atoms with Crippen molar-refractivity contribution in [2.45, 2.75) is 0 Å². The number of carbonyl (C=O) groups is 1. The molecule has 3 rings (SSSR count). The van der Waals surface area contributed by atoms with E-state index >= 15 is 0 Å². The standard InChI is InChI=1S/C15H11NO4/c16-8-14(17)19-9-5-6-11-10-3-1-2-4-12(10)15(18)20-13(11)7-9/h1-7H,8,16H2. The highest BCUT2D eigenvalue weighted by molar-refractivity contribution is 6.04. The third-order valence-corrected chi connectivity index (χ3v) is 2.99. The molecular weight excluding hydrogens is 258 g/mol. The van der Waals surface area contributed by atoms with Gasteiger partial charge in [-0.1, -0.05) is 18.2 Å². The number of benzene rings is 2. The van der Waals surface area contributed by atoms with Crippen molar-refractivity contribution in [1.82, 2.24) is 0 Å². The quantitative estimate of drug-likeness (QED) is 0.332. The molecule has 5 heteroatoms. The van der Waals surface area contributed by atoms with E-state index in [1.54, 1.807) is 24.3 Å². The van der Waals surface area contributed by atoms with E-state index in [0.29, 0.717) is 16.7 Å². The minimum atomic E-state index is -0.549. The van der Waals surface area contributed by atoms with Crippen molar-refractivity contribution >= 4 is 27.7 Å². The second-order valence-electron chi connectivity index (χ2n) is 4.27. The average molecular weight is 269 g/mol. The summed E-state index contributed by atoms with van der Waals surface area (Å²) in [5.41, 5.74) is 5.13. The molecule has 2 N–H and O–H groups in total.